The number of imidazole rings is 1. The summed E-state index contributed by atoms with van der Waals surface area (Å²) in [5.41, 5.74) is 2.21. The van der Waals surface area contributed by atoms with Gasteiger partial charge in [-0.25, -0.2) is 4.98 Å². The first-order valence-electron chi connectivity index (χ1n) is 5.66. The van der Waals surface area contributed by atoms with Crippen molar-refractivity contribution in [2.24, 2.45) is 0 Å². The molecular formula is C12H15N3S. The molecule has 2 heterocycles. The van der Waals surface area contributed by atoms with Crippen LogP contribution in [-0.4, -0.2) is 34.1 Å². The lowest BCUT2D eigenvalue weighted by atomic mass is 10.2. The Morgan fingerprint density at radius 1 is 1.38 bits per heavy atom. The van der Waals surface area contributed by atoms with Gasteiger partial charge < -0.3 is 10.3 Å². The summed E-state index contributed by atoms with van der Waals surface area (Å²) in [7, 11) is 0. The number of nitrogens with one attached hydrogen (secondary N) is 2. The SMILES string of the molecule is c1ccc2[nH]c(CC3CSCCN3)nc2c1. The van der Waals surface area contributed by atoms with Crippen molar-refractivity contribution in [1.82, 2.24) is 15.3 Å². The molecule has 2 N–H and O–H groups in total. The van der Waals surface area contributed by atoms with Gasteiger partial charge in [-0.05, 0) is 12.1 Å². The van der Waals surface area contributed by atoms with Crippen LogP contribution >= 0.6 is 11.8 Å². The van der Waals surface area contributed by atoms with E-state index in [1.165, 1.54) is 11.5 Å². The summed E-state index contributed by atoms with van der Waals surface area (Å²) in [6.45, 7) is 1.12. The maximum atomic E-state index is 4.60. The largest absolute Gasteiger partial charge is 0.342 e. The van der Waals surface area contributed by atoms with Crippen molar-refractivity contribution in [1.29, 1.82) is 0 Å². The summed E-state index contributed by atoms with van der Waals surface area (Å²) in [5.74, 6) is 3.52. The van der Waals surface area contributed by atoms with Crippen LogP contribution in [0.4, 0.5) is 0 Å². The minimum absolute atomic E-state index is 0.569. The molecule has 1 aromatic heterocycles. The fourth-order valence-corrected chi connectivity index (χ4v) is 3.04. The Morgan fingerprint density at radius 2 is 2.31 bits per heavy atom. The zero-order chi connectivity index (χ0) is 10.8. The fourth-order valence-electron chi connectivity index (χ4n) is 2.09. The second-order valence-electron chi connectivity index (χ2n) is 4.13. The van der Waals surface area contributed by atoms with Crippen molar-refractivity contribution in [3.8, 4) is 0 Å². The van der Waals surface area contributed by atoms with Crippen LogP contribution in [0.5, 0.6) is 0 Å². The van der Waals surface area contributed by atoms with E-state index in [0.717, 1.165) is 29.8 Å². The number of thioether (sulfide) groups is 1. The molecule has 0 aliphatic carbocycles. The van der Waals surface area contributed by atoms with Gasteiger partial charge in [0.05, 0.1) is 11.0 Å². The van der Waals surface area contributed by atoms with Crippen LogP contribution in [0.1, 0.15) is 5.82 Å². The number of aromatic amines is 1. The Hall–Kier alpha value is -1.00. The molecule has 1 unspecified atom stereocenters. The number of aromatic nitrogens is 2. The van der Waals surface area contributed by atoms with Crippen LogP contribution in [-0.2, 0) is 6.42 Å². The second-order valence-corrected chi connectivity index (χ2v) is 5.28. The molecule has 3 nitrogen and oxygen atoms in total. The minimum atomic E-state index is 0.569. The number of benzene rings is 1. The number of H-pyrrole nitrogens is 1. The van der Waals surface area contributed by atoms with Crippen LogP contribution in [0, 0.1) is 0 Å². The van der Waals surface area contributed by atoms with Crippen LogP contribution < -0.4 is 5.32 Å². The number of hydrogen-bond donors (Lipinski definition) is 2. The highest BCUT2D eigenvalue weighted by Gasteiger charge is 2.15. The monoisotopic (exact) mass is 233 g/mol. The maximum absolute atomic E-state index is 4.60. The van der Waals surface area contributed by atoms with Crippen molar-refractivity contribution < 1.29 is 0 Å². The van der Waals surface area contributed by atoms with Gasteiger partial charge in [0, 0.05) is 30.5 Å². The Balaban J connectivity index is 1.78. The average molecular weight is 233 g/mol. The van der Waals surface area contributed by atoms with E-state index in [0.29, 0.717) is 6.04 Å². The van der Waals surface area contributed by atoms with Crippen molar-refractivity contribution in [3.05, 3.63) is 30.1 Å². The van der Waals surface area contributed by atoms with Crippen LogP contribution in [0.15, 0.2) is 24.3 Å². The van der Waals surface area contributed by atoms with Crippen molar-refractivity contribution in [2.75, 3.05) is 18.1 Å². The van der Waals surface area contributed by atoms with Crippen LogP contribution in [0.25, 0.3) is 11.0 Å². The van der Waals surface area contributed by atoms with Crippen LogP contribution in [0.2, 0.25) is 0 Å². The molecule has 16 heavy (non-hydrogen) atoms. The summed E-state index contributed by atoms with van der Waals surface area (Å²) in [6, 6.07) is 8.77. The Labute approximate surface area is 99.0 Å². The molecule has 0 radical (unpaired) electrons. The third kappa shape index (κ3) is 2.08. The maximum Gasteiger partial charge on any atom is 0.108 e. The summed E-state index contributed by atoms with van der Waals surface area (Å²) in [5, 5.41) is 3.53. The molecule has 0 spiro atoms. The average Bonchev–Trinajstić information content (AvgIpc) is 2.72. The van der Waals surface area contributed by atoms with Crippen molar-refractivity contribution in [3.63, 3.8) is 0 Å². The third-order valence-corrected chi connectivity index (χ3v) is 4.01. The number of nitrogens with zero attached hydrogens (tertiary/aromatic N) is 1. The normalized spacial score (nSPS) is 21.4. The number of para-hydroxylation sites is 2. The molecule has 2 aromatic rings. The molecule has 1 atom stereocenters. The molecule has 1 aliphatic rings. The van der Waals surface area contributed by atoms with E-state index in [2.05, 4.69) is 27.4 Å². The van der Waals surface area contributed by atoms with Gasteiger partial charge in [-0.15, -0.1) is 0 Å². The molecule has 1 fully saturated rings. The van der Waals surface area contributed by atoms with Crippen molar-refractivity contribution in [2.45, 2.75) is 12.5 Å². The molecule has 3 rings (SSSR count). The zero-order valence-corrected chi connectivity index (χ0v) is 9.89. The van der Waals surface area contributed by atoms with Gasteiger partial charge in [0.15, 0.2) is 0 Å². The van der Waals surface area contributed by atoms with E-state index in [-0.39, 0.29) is 0 Å². The highest BCUT2D eigenvalue weighted by atomic mass is 32.2. The minimum Gasteiger partial charge on any atom is -0.342 e. The van der Waals surface area contributed by atoms with E-state index >= 15 is 0 Å². The van der Waals surface area contributed by atoms with E-state index < -0.39 is 0 Å². The Kier molecular flexibility index (Phi) is 2.84. The molecule has 0 amide bonds. The molecule has 1 aliphatic heterocycles. The molecule has 4 heteroatoms. The highest BCUT2D eigenvalue weighted by Crippen LogP contribution is 2.14. The zero-order valence-electron chi connectivity index (χ0n) is 9.07. The molecule has 1 saturated heterocycles. The number of rotatable bonds is 2. The predicted octanol–water partition coefficient (Wildman–Crippen LogP) is 1.81. The third-order valence-electron chi connectivity index (χ3n) is 2.88. The molecule has 0 saturated carbocycles. The summed E-state index contributed by atoms with van der Waals surface area (Å²) in [4.78, 5) is 7.98. The second kappa shape index (κ2) is 4.47. The van der Waals surface area contributed by atoms with E-state index in [4.69, 9.17) is 0 Å². The molecule has 84 valence electrons. The van der Waals surface area contributed by atoms with Gasteiger partial charge >= 0.3 is 0 Å². The lowest BCUT2D eigenvalue weighted by Crippen LogP contribution is -2.39. The first-order valence-corrected chi connectivity index (χ1v) is 6.82. The van der Waals surface area contributed by atoms with Gasteiger partial charge in [0.2, 0.25) is 0 Å². The van der Waals surface area contributed by atoms with Gasteiger partial charge in [0.25, 0.3) is 0 Å². The van der Waals surface area contributed by atoms with E-state index in [1.54, 1.807) is 0 Å². The van der Waals surface area contributed by atoms with E-state index in [1.807, 2.05) is 23.9 Å². The van der Waals surface area contributed by atoms with Gasteiger partial charge in [-0.2, -0.15) is 11.8 Å². The summed E-state index contributed by atoms with van der Waals surface area (Å²) >= 11 is 2.02. The lowest BCUT2D eigenvalue weighted by Gasteiger charge is -2.21. The van der Waals surface area contributed by atoms with Gasteiger partial charge in [-0.3, -0.25) is 0 Å². The quantitative estimate of drug-likeness (QED) is 0.831. The summed E-state index contributed by atoms with van der Waals surface area (Å²) in [6.07, 6.45) is 1.00. The van der Waals surface area contributed by atoms with Crippen molar-refractivity contribution >= 4 is 22.8 Å². The fraction of sp³-hybridized carbons (Fsp3) is 0.417. The van der Waals surface area contributed by atoms with Gasteiger partial charge in [0.1, 0.15) is 5.82 Å². The smallest absolute Gasteiger partial charge is 0.108 e. The van der Waals surface area contributed by atoms with Gasteiger partial charge in [-0.1, -0.05) is 12.1 Å². The number of fused-ring (bicyclic) bond motifs is 1. The number of hydrogen-bond acceptors (Lipinski definition) is 3. The molecular weight excluding hydrogens is 218 g/mol. The predicted molar refractivity (Wildman–Crippen MR) is 68.9 cm³/mol. The lowest BCUT2D eigenvalue weighted by molar-refractivity contribution is 0.553. The first-order chi connectivity index (χ1) is 7.92. The molecule has 0 bridgehead atoms. The Bertz CT molecular complexity index is 441. The molecule has 1 aromatic carbocycles. The summed E-state index contributed by atoms with van der Waals surface area (Å²) < 4.78 is 0. The highest BCUT2D eigenvalue weighted by molar-refractivity contribution is 7.99. The topological polar surface area (TPSA) is 40.7 Å². The first kappa shape index (κ1) is 10.2. The Morgan fingerprint density at radius 3 is 3.12 bits per heavy atom. The van der Waals surface area contributed by atoms with Crippen LogP contribution in [0.3, 0.4) is 0 Å². The standard InChI is InChI=1S/C12H15N3S/c1-2-4-11-10(3-1)14-12(15-11)7-9-8-16-6-5-13-9/h1-4,9,13H,5-8H2,(H,14,15). The van der Waals surface area contributed by atoms with E-state index in [9.17, 15) is 0 Å².